The van der Waals surface area contributed by atoms with Gasteiger partial charge in [0.25, 0.3) is 0 Å². The van der Waals surface area contributed by atoms with Crippen LogP contribution in [0.15, 0.2) is 5.38 Å². The number of rotatable bonds is 8. The molecule has 0 saturated heterocycles. The van der Waals surface area contributed by atoms with E-state index >= 15 is 0 Å². The van der Waals surface area contributed by atoms with Gasteiger partial charge in [-0.1, -0.05) is 13.3 Å². The van der Waals surface area contributed by atoms with Crippen molar-refractivity contribution in [2.24, 2.45) is 23.2 Å². The van der Waals surface area contributed by atoms with Gasteiger partial charge in [0.05, 0.1) is 16.6 Å². The summed E-state index contributed by atoms with van der Waals surface area (Å²) >= 11 is 1.65. The lowest BCUT2D eigenvalue weighted by Gasteiger charge is -2.57. The molecule has 0 spiro atoms. The van der Waals surface area contributed by atoms with Crippen LogP contribution in [0.5, 0.6) is 0 Å². The number of thiazole rings is 1. The van der Waals surface area contributed by atoms with Gasteiger partial charge in [-0.25, -0.2) is 4.98 Å². The van der Waals surface area contributed by atoms with E-state index in [4.69, 9.17) is 0 Å². The summed E-state index contributed by atoms with van der Waals surface area (Å²) in [5, 5.41) is 12.3. The predicted octanol–water partition coefficient (Wildman–Crippen LogP) is 5.65. The van der Waals surface area contributed by atoms with Crippen LogP contribution in [0.1, 0.15) is 87.8 Å². The van der Waals surface area contributed by atoms with Crippen LogP contribution < -0.4 is 0 Å². The molecule has 4 fully saturated rings. The third-order valence-electron chi connectivity index (χ3n) is 7.15. The Hall–Kier alpha value is -0.900. The van der Waals surface area contributed by atoms with Gasteiger partial charge in [-0.3, -0.25) is 4.79 Å². The molecule has 25 heavy (non-hydrogen) atoms. The zero-order valence-corrected chi connectivity index (χ0v) is 16.2. The van der Waals surface area contributed by atoms with Crippen LogP contribution >= 0.6 is 11.3 Å². The largest absolute Gasteiger partial charge is 0.481 e. The third kappa shape index (κ3) is 3.65. The first-order valence-corrected chi connectivity index (χ1v) is 11.1. The van der Waals surface area contributed by atoms with E-state index in [0.29, 0.717) is 11.8 Å². The smallest absolute Gasteiger partial charge is 0.312 e. The van der Waals surface area contributed by atoms with E-state index in [1.165, 1.54) is 57.8 Å². The number of hydrogen-bond donors (Lipinski definition) is 1. The van der Waals surface area contributed by atoms with E-state index in [-0.39, 0.29) is 0 Å². The van der Waals surface area contributed by atoms with Gasteiger partial charge in [0.2, 0.25) is 0 Å². The Morgan fingerprint density at radius 2 is 1.88 bits per heavy atom. The molecule has 0 radical (unpaired) electrons. The molecule has 4 aliphatic carbocycles. The molecule has 1 aromatic heterocycles. The van der Waals surface area contributed by atoms with Crippen molar-refractivity contribution >= 4 is 17.3 Å². The zero-order valence-electron chi connectivity index (χ0n) is 15.4. The summed E-state index contributed by atoms with van der Waals surface area (Å²) in [5.41, 5.74) is 1.45. The second-order valence-corrected chi connectivity index (χ2v) is 10.0. The quantitative estimate of drug-likeness (QED) is 0.609. The van der Waals surface area contributed by atoms with Gasteiger partial charge >= 0.3 is 5.97 Å². The molecule has 1 N–H and O–H groups in total. The molecule has 4 bridgehead atoms. The van der Waals surface area contributed by atoms with E-state index in [0.717, 1.165) is 34.9 Å². The highest BCUT2D eigenvalue weighted by Gasteiger charge is 2.50. The second kappa shape index (κ2) is 7.02. The summed E-state index contributed by atoms with van der Waals surface area (Å²) in [7, 11) is 0. The predicted molar refractivity (Wildman–Crippen MR) is 101 cm³/mol. The third-order valence-corrected chi connectivity index (χ3v) is 8.07. The minimum Gasteiger partial charge on any atom is -0.481 e. The van der Waals surface area contributed by atoms with Crippen LogP contribution in [-0.4, -0.2) is 16.1 Å². The Morgan fingerprint density at radius 1 is 1.24 bits per heavy atom. The lowest BCUT2D eigenvalue weighted by atomic mass is 9.48. The van der Waals surface area contributed by atoms with E-state index in [9.17, 15) is 9.90 Å². The minimum absolute atomic E-state index is 0.433. The monoisotopic (exact) mass is 361 g/mol. The van der Waals surface area contributed by atoms with Crippen molar-refractivity contribution in [2.75, 3.05) is 0 Å². The number of hydrogen-bond acceptors (Lipinski definition) is 3. The highest BCUT2D eigenvalue weighted by molar-refractivity contribution is 7.09. The van der Waals surface area contributed by atoms with Crippen molar-refractivity contribution in [3.05, 3.63) is 16.1 Å². The second-order valence-electron chi connectivity index (χ2n) is 9.09. The molecule has 0 amide bonds. The molecular formula is C21H31NO2S. The fourth-order valence-corrected chi connectivity index (χ4v) is 7.38. The molecule has 1 aromatic rings. The van der Waals surface area contributed by atoms with Gasteiger partial charge in [-0.15, -0.1) is 11.3 Å². The van der Waals surface area contributed by atoms with Crippen LogP contribution in [0.3, 0.4) is 0 Å². The fourth-order valence-electron chi connectivity index (χ4n) is 6.48. The maximum Gasteiger partial charge on any atom is 0.312 e. The van der Waals surface area contributed by atoms with Gasteiger partial charge < -0.3 is 5.11 Å². The molecule has 1 heterocycles. The van der Waals surface area contributed by atoms with E-state index in [1.54, 1.807) is 11.3 Å². The number of unbranched alkanes of at least 4 members (excludes halogenated alkanes) is 1. The first kappa shape index (κ1) is 17.5. The number of carboxylic acid groups (broad SMARTS) is 1. The summed E-state index contributed by atoms with van der Waals surface area (Å²) in [6.45, 7) is 1.92. The zero-order chi connectivity index (χ0) is 17.4. The topological polar surface area (TPSA) is 50.2 Å². The molecule has 0 aromatic carbocycles. The van der Waals surface area contributed by atoms with Crippen LogP contribution in [0.4, 0.5) is 0 Å². The molecule has 4 heteroatoms. The van der Waals surface area contributed by atoms with Crippen molar-refractivity contribution in [3.8, 4) is 0 Å². The average molecular weight is 362 g/mol. The summed E-state index contributed by atoms with van der Waals surface area (Å²) in [6, 6.07) is 0. The van der Waals surface area contributed by atoms with Gasteiger partial charge in [0, 0.05) is 5.38 Å². The number of nitrogens with zero attached hydrogens (tertiary/aromatic N) is 1. The Bertz CT molecular complexity index is 588. The van der Waals surface area contributed by atoms with E-state index in [2.05, 4.69) is 4.98 Å². The first-order chi connectivity index (χ1) is 12.1. The fraction of sp³-hybridized carbons (Fsp3) is 0.810. The molecule has 138 valence electrons. The first-order valence-electron chi connectivity index (χ1n) is 10.2. The van der Waals surface area contributed by atoms with Crippen molar-refractivity contribution in [2.45, 2.75) is 83.5 Å². The molecule has 4 saturated carbocycles. The lowest BCUT2D eigenvalue weighted by Crippen LogP contribution is -2.45. The Kier molecular flexibility index (Phi) is 4.91. The summed E-state index contributed by atoms with van der Waals surface area (Å²) in [6.07, 6.45) is 14.7. The number of aromatic nitrogens is 1. The highest BCUT2D eigenvalue weighted by Crippen LogP contribution is 2.61. The summed E-state index contributed by atoms with van der Waals surface area (Å²) in [5.74, 6) is 1.97. The normalized spacial score (nSPS) is 34.4. The molecule has 1 unspecified atom stereocenters. The van der Waals surface area contributed by atoms with Gasteiger partial charge in [0.1, 0.15) is 0 Å². The van der Waals surface area contributed by atoms with Crippen LogP contribution in [0.25, 0.3) is 0 Å². The van der Waals surface area contributed by atoms with Crippen molar-refractivity contribution < 1.29 is 9.90 Å². The van der Waals surface area contributed by atoms with Gasteiger partial charge in [0.15, 0.2) is 0 Å². The van der Waals surface area contributed by atoms with Crippen molar-refractivity contribution in [3.63, 3.8) is 0 Å². The Balaban J connectivity index is 1.26. The molecule has 1 atom stereocenters. The number of aryl methyl sites for hydroxylation is 1. The maximum absolute atomic E-state index is 11.3. The maximum atomic E-state index is 11.3. The minimum atomic E-state index is -0.749. The standard InChI is InChI=1S/C21H31NO2S/c1-2-17(20(23)24)18-13-25-19(22-18)5-3-4-6-21-10-14-7-15(11-21)9-16(8-14)12-21/h13-17H,2-12H2,1H3,(H,23,24). The Morgan fingerprint density at radius 3 is 2.44 bits per heavy atom. The highest BCUT2D eigenvalue weighted by atomic mass is 32.1. The number of carbonyl (C=O) groups is 1. The lowest BCUT2D eigenvalue weighted by molar-refractivity contribution is -0.138. The molecule has 3 nitrogen and oxygen atoms in total. The summed E-state index contributed by atoms with van der Waals surface area (Å²) < 4.78 is 0. The molecule has 4 aliphatic rings. The number of aliphatic carboxylic acids is 1. The van der Waals surface area contributed by atoms with E-state index < -0.39 is 11.9 Å². The van der Waals surface area contributed by atoms with Gasteiger partial charge in [-0.2, -0.15) is 0 Å². The summed E-state index contributed by atoms with van der Waals surface area (Å²) in [4.78, 5) is 15.9. The van der Waals surface area contributed by atoms with Crippen molar-refractivity contribution in [1.29, 1.82) is 0 Å². The molecule has 0 aliphatic heterocycles. The Labute approximate surface area is 155 Å². The number of carboxylic acids is 1. The molecular weight excluding hydrogens is 330 g/mol. The van der Waals surface area contributed by atoms with E-state index in [1.807, 2.05) is 12.3 Å². The van der Waals surface area contributed by atoms with Crippen LogP contribution in [0.2, 0.25) is 0 Å². The van der Waals surface area contributed by atoms with Gasteiger partial charge in [-0.05, 0) is 87.4 Å². The van der Waals surface area contributed by atoms with Crippen molar-refractivity contribution in [1.82, 2.24) is 4.98 Å². The van der Waals surface area contributed by atoms with Crippen LogP contribution in [0, 0.1) is 23.2 Å². The SMILES string of the molecule is CCC(C(=O)O)c1csc(CCCCC23CC4CC(CC(C4)C2)C3)n1. The van der Waals surface area contributed by atoms with Crippen LogP contribution in [-0.2, 0) is 11.2 Å². The average Bonchev–Trinajstić information content (AvgIpc) is 2.99. The molecule has 5 rings (SSSR count).